The Morgan fingerprint density at radius 3 is 1.85 bits per heavy atom. The summed E-state index contributed by atoms with van der Waals surface area (Å²) in [6, 6.07) is 21.7. The third-order valence-corrected chi connectivity index (χ3v) is 5.83. The van der Waals surface area contributed by atoms with E-state index in [0.29, 0.717) is 0 Å². The van der Waals surface area contributed by atoms with Gasteiger partial charge in [-0.1, -0.05) is 91.0 Å². The maximum atomic E-state index is 2.28. The molecule has 0 N–H and O–H groups in total. The van der Waals surface area contributed by atoms with Gasteiger partial charge < -0.3 is 0 Å². The lowest BCUT2D eigenvalue weighted by atomic mass is 10.3. The van der Waals surface area contributed by atoms with Crippen LogP contribution in [0.1, 0.15) is 6.42 Å². The van der Waals surface area contributed by atoms with Crippen LogP contribution in [0, 0.1) is 0 Å². The average molecular weight is 276 g/mol. The van der Waals surface area contributed by atoms with Gasteiger partial charge in [0.05, 0.1) is 0 Å². The van der Waals surface area contributed by atoms with E-state index in [-0.39, 0.29) is 0 Å². The molecule has 0 saturated heterocycles. The number of hydrogen-bond donors (Lipinski definition) is 0. The SMILES string of the molecule is C1=CC=C(P(c2ccccc2)c2ccccc2)CC=C1. The molecule has 0 amide bonds. The summed E-state index contributed by atoms with van der Waals surface area (Å²) in [7, 11) is -0.427. The second-order valence-electron chi connectivity index (χ2n) is 4.68. The van der Waals surface area contributed by atoms with E-state index >= 15 is 0 Å². The van der Waals surface area contributed by atoms with Crippen LogP contribution < -0.4 is 10.6 Å². The molecule has 1 aliphatic rings. The molecule has 20 heavy (non-hydrogen) atoms. The highest BCUT2D eigenvalue weighted by atomic mass is 31.1. The van der Waals surface area contributed by atoms with E-state index < -0.39 is 7.92 Å². The molecule has 0 fully saturated rings. The van der Waals surface area contributed by atoms with Gasteiger partial charge in [0.15, 0.2) is 0 Å². The van der Waals surface area contributed by atoms with Crippen LogP contribution >= 0.6 is 7.92 Å². The second kappa shape index (κ2) is 6.50. The molecule has 0 aromatic heterocycles. The van der Waals surface area contributed by atoms with Crippen molar-refractivity contribution in [2.24, 2.45) is 0 Å². The van der Waals surface area contributed by atoms with Crippen LogP contribution in [-0.2, 0) is 0 Å². The molecular formula is C19H17P. The number of hydrogen-bond acceptors (Lipinski definition) is 0. The first kappa shape index (κ1) is 13.1. The van der Waals surface area contributed by atoms with Gasteiger partial charge in [-0.25, -0.2) is 0 Å². The van der Waals surface area contributed by atoms with Crippen LogP contribution in [0.3, 0.4) is 0 Å². The van der Waals surface area contributed by atoms with E-state index in [1.165, 1.54) is 15.9 Å². The molecule has 1 heteroatoms. The lowest BCUT2D eigenvalue weighted by Gasteiger charge is -2.21. The Morgan fingerprint density at radius 1 is 0.650 bits per heavy atom. The summed E-state index contributed by atoms with van der Waals surface area (Å²) < 4.78 is 0. The fourth-order valence-electron chi connectivity index (χ4n) is 2.37. The lowest BCUT2D eigenvalue weighted by Crippen LogP contribution is -2.12. The van der Waals surface area contributed by atoms with Crippen LogP contribution in [0.25, 0.3) is 0 Å². The van der Waals surface area contributed by atoms with E-state index in [1.807, 2.05) is 0 Å². The first-order valence-electron chi connectivity index (χ1n) is 6.88. The highest BCUT2D eigenvalue weighted by Gasteiger charge is 2.17. The quantitative estimate of drug-likeness (QED) is 0.723. The van der Waals surface area contributed by atoms with Gasteiger partial charge in [0.25, 0.3) is 0 Å². The fourth-order valence-corrected chi connectivity index (χ4v) is 4.79. The molecule has 2 aromatic rings. The van der Waals surface area contributed by atoms with Gasteiger partial charge in [0.1, 0.15) is 0 Å². The minimum Gasteiger partial charge on any atom is -0.0801 e. The third-order valence-electron chi connectivity index (χ3n) is 3.29. The van der Waals surface area contributed by atoms with Crippen LogP contribution in [-0.4, -0.2) is 0 Å². The first-order chi connectivity index (χ1) is 9.95. The van der Waals surface area contributed by atoms with E-state index in [0.717, 1.165) is 6.42 Å². The van der Waals surface area contributed by atoms with Gasteiger partial charge in [-0.2, -0.15) is 0 Å². The average Bonchev–Trinajstić information content (AvgIpc) is 2.79. The van der Waals surface area contributed by atoms with E-state index in [2.05, 4.69) is 91.0 Å². The summed E-state index contributed by atoms with van der Waals surface area (Å²) in [5.41, 5.74) is 0. The van der Waals surface area contributed by atoms with Crippen molar-refractivity contribution >= 4 is 18.5 Å². The normalized spacial score (nSPS) is 14.2. The Hall–Kier alpha value is -1.91. The maximum Gasteiger partial charge on any atom is -0.00836 e. The Labute approximate surface area is 121 Å². The fraction of sp³-hybridized carbons (Fsp3) is 0.0526. The Kier molecular flexibility index (Phi) is 4.25. The van der Waals surface area contributed by atoms with Crippen LogP contribution in [0.5, 0.6) is 0 Å². The van der Waals surface area contributed by atoms with Crippen molar-refractivity contribution in [2.45, 2.75) is 6.42 Å². The van der Waals surface area contributed by atoms with Crippen molar-refractivity contribution < 1.29 is 0 Å². The van der Waals surface area contributed by atoms with E-state index in [4.69, 9.17) is 0 Å². The molecule has 98 valence electrons. The van der Waals surface area contributed by atoms with Gasteiger partial charge in [0, 0.05) is 0 Å². The monoisotopic (exact) mass is 276 g/mol. The molecule has 0 unspecified atom stereocenters. The Morgan fingerprint density at radius 2 is 1.25 bits per heavy atom. The molecule has 0 aliphatic heterocycles. The Balaban J connectivity index is 2.07. The van der Waals surface area contributed by atoms with Gasteiger partial charge in [-0.05, 0) is 30.3 Å². The molecule has 0 saturated carbocycles. The largest absolute Gasteiger partial charge is 0.0801 e. The minimum absolute atomic E-state index is 0.427. The van der Waals surface area contributed by atoms with Crippen LogP contribution in [0.4, 0.5) is 0 Å². The van der Waals surface area contributed by atoms with Gasteiger partial charge >= 0.3 is 0 Å². The van der Waals surface area contributed by atoms with Gasteiger partial charge in [0.2, 0.25) is 0 Å². The molecule has 0 atom stereocenters. The highest BCUT2D eigenvalue weighted by molar-refractivity contribution is 7.76. The molecule has 0 radical (unpaired) electrons. The summed E-state index contributed by atoms with van der Waals surface area (Å²) in [4.78, 5) is 0. The molecule has 1 aliphatic carbocycles. The van der Waals surface area contributed by atoms with Crippen molar-refractivity contribution in [3.05, 3.63) is 96.4 Å². The van der Waals surface area contributed by atoms with Crippen molar-refractivity contribution in [2.75, 3.05) is 0 Å². The summed E-state index contributed by atoms with van der Waals surface area (Å²) in [6.07, 6.45) is 12.0. The highest BCUT2D eigenvalue weighted by Crippen LogP contribution is 2.45. The third kappa shape index (κ3) is 2.98. The molecule has 3 rings (SSSR count). The predicted octanol–water partition coefficient (Wildman–Crippen LogP) is 4.52. The maximum absolute atomic E-state index is 2.28. The van der Waals surface area contributed by atoms with Crippen molar-refractivity contribution in [3.8, 4) is 0 Å². The smallest absolute Gasteiger partial charge is 0.00836 e. The molecule has 0 nitrogen and oxygen atoms in total. The lowest BCUT2D eigenvalue weighted by molar-refractivity contribution is 1.36. The van der Waals surface area contributed by atoms with Gasteiger partial charge in [-0.15, -0.1) is 0 Å². The summed E-state index contributed by atoms with van der Waals surface area (Å²) in [5, 5.41) is 4.34. The predicted molar refractivity (Wildman–Crippen MR) is 90.1 cm³/mol. The number of benzene rings is 2. The zero-order valence-electron chi connectivity index (χ0n) is 11.3. The molecule has 2 aromatic carbocycles. The van der Waals surface area contributed by atoms with E-state index in [1.54, 1.807) is 0 Å². The Bertz CT molecular complexity index is 596. The number of allylic oxidation sites excluding steroid dienone is 6. The zero-order valence-corrected chi connectivity index (χ0v) is 12.2. The van der Waals surface area contributed by atoms with Crippen LogP contribution in [0.15, 0.2) is 96.4 Å². The summed E-state index contributed by atoms with van der Waals surface area (Å²) in [6.45, 7) is 0. The molecular weight excluding hydrogens is 259 g/mol. The van der Waals surface area contributed by atoms with E-state index in [9.17, 15) is 0 Å². The first-order valence-corrected chi connectivity index (χ1v) is 8.22. The summed E-state index contributed by atoms with van der Waals surface area (Å²) in [5.74, 6) is 0. The molecule has 0 bridgehead atoms. The number of rotatable bonds is 3. The van der Waals surface area contributed by atoms with Crippen molar-refractivity contribution in [3.63, 3.8) is 0 Å². The second-order valence-corrected chi connectivity index (χ2v) is 6.96. The topological polar surface area (TPSA) is 0 Å². The minimum atomic E-state index is -0.427. The van der Waals surface area contributed by atoms with Crippen LogP contribution in [0.2, 0.25) is 0 Å². The van der Waals surface area contributed by atoms with Crippen molar-refractivity contribution in [1.29, 1.82) is 0 Å². The zero-order chi connectivity index (χ0) is 13.6. The molecule has 0 spiro atoms. The standard InChI is InChI=1S/C19H17P/c1-2-6-12-17(11-5-1)20(18-13-7-3-8-14-18)19-15-9-4-10-16-19/h1-11,13-16H,12H2. The molecule has 0 heterocycles. The van der Waals surface area contributed by atoms with Gasteiger partial charge in [-0.3, -0.25) is 0 Å². The van der Waals surface area contributed by atoms with Crippen molar-refractivity contribution in [1.82, 2.24) is 0 Å². The summed E-state index contributed by atoms with van der Waals surface area (Å²) >= 11 is 0.